The summed E-state index contributed by atoms with van der Waals surface area (Å²) < 4.78 is 0. The standard InChI is InChI=1S/C18H25N3OS/c1-5-11-18(4,19)17(22)21-13(3)15-12(2)20-16(23-15)14-9-7-6-8-10-14/h6-10,13H,5,11,19H2,1-4H3,(H,21,22). The van der Waals surface area contributed by atoms with Crippen LogP contribution in [0.3, 0.4) is 0 Å². The van der Waals surface area contributed by atoms with Gasteiger partial charge in [-0.1, -0.05) is 43.7 Å². The van der Waals surface area contributed by atoms with Gasteiger partial charge in [0.05, 0.1) is 22.2 Å². The van der Waals surface area contributed by atoms with Gasteiger partial charge < -0.3 is 11.1 Å². The molecule has 0 saturated carbocycles. The molecule has 2 unspecified atom stereocenters. The fraction of sp³-hybridized carbons (Fsp3) is 0.444. The summed E-state index contributed by atoms with van der Waals surface area (Å²) >= 11 is 1.62. The number of nitrogens with one attached hydrogen (secondary N) is 1. The van der Waals surface area contributed by atoms with Crippen LogP contribution in [0.5, 0.6) is 0 Å². The van der Waals surface area contributed by atoms with Gasteiger partial charge in [-0.25, -0.2) is 4.98 Å². The largest absolute Gasteiger partial charge is 0.347 e. The number of nitrogens with zero attached hydrogens (tertiary/aromatic N) is 1. The molecule has 1 amide bonds. The van der Waals surface area contributed by atoms with E-state index in [1.807, 2.05) is 51.1 Å². The summed E-state index contributed by atoms with van der Waals surface area (Å²) in [5.74, 6) is -0.110. The van der Waals surface area contributed by atoms with Crippen molar-refractivity contribution in [3.05, 3.63) is 40.9 Å². The molecule has 2 aromatic rings. The lowest BCUT2D eigenvalue weighted by atomic mass is 9.96. The Kier molecular flexibility index (Phi) is 5.55. The first-order valence-electron chi connectivity index (χ1n) is 7.97. The molecule has 3 N–H and O–H groups in total. The lowest BCUT2D eigenvalue weighted by molar-refractivity contribution is -0.126. The molecule has 4 nitrogen and oxygen atoms in total. The van der Waals surface area contributed by atoms with Crippen LogP contribution in [0.4, 0.5) is 0 Å². The molecular weight excluding hydrogens is 306 g/mol. The molecule has 1 aromatic heterocycles. The predicted molar refractivity (Wildman–Crippen MR) is 96.3 cm³/mol. The first-order valence-corrected chi connectivity index (χ1v) is 8.79. The van der Waals surface area contributed by atoms with Crippen LogP contribution in [-0.2, 0) is 4.79 Å². The van der Waals surface area contributed by atoms with Crippen molar-refractivity contribution in [2.75, 3.05) is 0 Å². The van der Waals surface area contributed by atoms with E-state index in [0.717, 1.165) is 27.6 Å². The molecule has 5 heteroatoms. The topological polar surface area (TPSA) is 68.0 Å². The molecule has 2 atom stereocenters. The molecular formula is C18H25N3OS. The van der Waals surface area contributed by atoms with Crippen LogP contribution < -0.4 is 11.1 Å². The van der Waals surface area contributed by atoms with E-state index in [-0.39, 0.29) is 11.9 Å². The Morgan fingerprint density at radius 3 is 2.65 bits per heavy atom. The van der Waals surface area contributed by atoms with Crippen molar-refractivity contribution in [2.45, 2.75) is 52.1 Å². The Hall–Kier alpha value is -1.72. The first-order chi connectivity index (χ1) is 10.8. The highest BCUT2D eigenvalue weighted by atomic mass is 32.1. The van der Waals surface area contributed by atoms with Gasteiger partial charge in [0.1, 0.15) is 5.01 Å². The van der Waals surface area contributed by atoms with E-state index in [4.69, 9.17) is 5.73 Å². The average molecular weight is 331 g/mol. The fourth-order valence-corrected chi connectivity index (χ4v) is 3.65. The number of hydrogen-bond donors (Lipinski definition) is 2. The second kappa shape index (κ2) is 7.23. The molecule has 1 aromatic carbocycles. The Labute approximate surface area is 142 Å². The number of carbonyl (C=O) groups is 1. The van der Waals surface area contributed by atoms with Crippen LogP contribution in [0.15, 0.2) is 30.3 Å². The minimum absolute atomic E-state index is 0.0998. The maximum atomic E-state index is 12.4. The molecule has 0 radical (unpaired) electrons. The maximum Gasteiger partial charge on any atom is 0.240 e. The molecule has 23 heavy (non-hydrogen) atoms. The van der Waals surface area contributed by atoms with Crippen molar-refractivity contribution in [3.63, 3.8) is 0 Å². The van der Waals surface area contributed by atoms with Gasteiger partial charge >= 0.3 is 0 Å². The summed E-state index contributed by atoms with van der Waals surface area (Å²) in [5.41, 5.74) is 7.33. The number of nitrogens with two attached hydrogens (primary N) is 1. The van der Waals surface area contributed by atoms with Crippen molar-refractivity contribution in [3.8, 4) is 10.6 Å². The molecule has 0 aliphatic carbocycles. The molecule has 0 fully saturated rings. The van der Waals surface area contributed by atoms with Gasteiger partial charge in [-0.05, 0) is 27.2 Å². The highest BCUT2D eigenvalue weighted by Crippen LogP contribution is 2.31. The molecule has 1 heterocycles. The molecule has 2 rings (SSSR count). The van der Waals surface area contributed by atoms with E-state index < -0.39 is 5.54 Å². The van der Waals surface area contributed by atoms with Crippen molar-refractivity contribution in [2.24, 2.45) is 5.73 Å². The molecule has 0 bridgehead atoms. The zero-order chi connectivity index (χ0) is 17.0. The SMILES string of the molecule is CCCC(C)(N)C(=O)NC(C)c1sc(-c2ccccc2)nc1C. The van der Waals surface area contributed by atoms with Crippen molar-refractivity contribution in [1.29, 1.82) is 0 Å². The second-order valence-corrected chi connectivity index (χ2v) is 7.23. The summed E-state index contributed by atoms with van der Waals surface area (Å²) in [7, 11) is 0. The number of hydrogen-bond acceptors (Lipinski definition) is 4. The molecule has 0 spiro atoms. The third kappa shape index (κ3) is 4.18. The van der Waals surface area contributed by atoms with Gasteiger partial charge in [0.2, 0.25) is 5.91 Å². The Morgan fingerprint density at radius 1 is 1.39 bits per heavy atom. The fourth-order valence-electron chi connectivity index (χ4n) is 2.57. The van der Waals surface area contributed by atoms with E-state index in [0.29, 0.717) is 6.42 Å². The number of amides is 1. The van der Waals surface area contributed by atoms with Gasteiger partial charge in [0.15, 0.2) is 0 Å². The van der Waals surface area contributed by atoms with Crippen LogP contribution in [0.25, 0.3) is 10.6 Å². The number of thiazole rings is 1. The molecule has 124 valence electrons. The van der Waals surface area contributed by atoms with Crippen LogP contribution in [0.1, 0.15) is 50.2 Å². The van der Waals surface area contributed by atoms with Crippen LogP contribution >= 0.6 is 11.3 Å². The lowest BCUT2D eigenvalue weighted by Gasteiger charge is -2.25. The number of carbonyl (C=O) groups excluding carboxylic acids is 1. The van der Waals surface area contributed by atoms with E-state index >= 15 is 0 Å². The van der Waals surface area contributed by atoms with Gasteiger partial charge in [-0.2, -0.15) is 0 Å². The summed E-state index contributed by atoms with van der Waals surface area (Å²) in [6.07, 6.45) is 1.55. The van der Waals surface area contributed by atoms with E-state index in [1.54, 1.807) is 18.3 Å². The number of benzene rings is 1. The van der Waals surface area contributed by atoms with Crippen molar-refractivity contribution in [1.82, 2.24) is 10.3 Å². The normalized spacial score (nSPS) is 15.0. The van der Waals surface area contributed by atoms with Crippen LogP contribution in [0, 0.1) is 6.92 Å². The highest BCUT2D eigenvalue weighted by Gasteiger charge is 2.29. The quantitative estimate of drug-likeness (QED) is 0.845. The summed E-state index contributed by atoms with van der Waals surface area (Å²) in [6, 6.07) is 9.98. The zero-order valence-electron chi connectivity index (χ0n) is 14.2. The van der Waals surface area contributed by atoms with E-state index in [1.165, 1.54) is 0 Å². The summed E-state index contributed by atoms with van der Waals surface area (Å²) in [6.45, 7) is 7.78. The van der Waals surface area contributed by atoms with Gasteiger partial charge in [0, 0.05) is 5.56 Å². The van der Waals surface area contributed by atoms with Crippen LogP contribution in [-0.4, -0.2) is 16.4 Å². The maximum absolute atomic E-state index is 12.4. The lowest BCUT2D eigenvalue weighted by Crippen LogP contribution is -2.51. The third-order valence-corrected chi connectivity index (χ3v) is 5.27. The van der Waals surface area contributed by atoms with Gasteiger partial charge in [-0.3, -0.25) is 4.79 Å². The van der Waals surface area contributed by atoms with Gasteiger partial charge in [-0.15, -0.1) is 11.3 Å². The van der Waals surface area contributed by atoms with E-state index in [9.17, 15) is 4.79 Å². The minimum Gasteiger partial charge on any atom is -0.347 e. The monoisotopic (exact) mass is 331 g/mol. The first kappa shape index (κ1) is 17.6. The second-order valence-electron chi connectivity index (χ2n) is 6.20. The highest BCUT2D eigenvalue weighted by molar-refractivity contribution is 7.15. The van der Waals surface area contributed by atoms with Crippen molar-refractivity contribution >= 4 is 17.2 Å². The number of rotatable bonds is 6. The Morgan fingerprint density at radius 2 is 2.04 bits per heavy atom. The Balaban J connectivity index is 2.16. The average Bonchev–Trinajstić information content (AvgIpc) is 2.90. The zero-order valence-corrected chi connectivity index (χ0v) is 15.0. The smallest absolute Gasteiger partial charge is 0.240 e. The molecule has 0 aliphatic rings. The summed E-state index contributed by atoms with van der Waals surface area (Å²) in [4.78, 5) is 18.1. The number of aromatic nitrogens is 1. The Bertz CT molecular complexity index is 664. The third-order valence-electron chi connectivity index (χ3n) is 3.88. The molecule has 0 aliphatic heterocycles. The van der Waals surface area contributed by atoms with Crippen LogP contribution in [0.2, 0.25) is 0 Å². The molecule has 0 saturated heterocycles. The predicted octanol–water partition coefficient (Wildman–Crippen LogP) is 3.81. The number of aryl methyl sites for hydroxylation is 1. The van der Waals surface area contributed by atoms with Crippen molar-refractivity contribution < 1.29 is 4.79 Å². The van der Waals surface area contributed by atoms with E-state index in [2.05, 4.69) is 10.3 Å². The summed E-state index contributed by atoms with van der Waals surface area (Å²) in [5, 5.41) is 4.01. The minimum atomic E-state index is -0.830. The van der Waals surface area contributed by atoms with Gasteiger partial charge in [0.25, 0.3) is 0 Å².